The van der Waals surface area contributed by atoms with Crippen molar-refractivity contribution >= 4 is 50.1 Å². The van der Waals surface area contributed by atoms with Crippen molar-refractivity contribution in [1.29, 1.82) is 0 Å². The number of nitrogens with one attached hydrogen (secondary N) is 1. The van der Waals surface area contributed by atoms with Gasteiger partial charge in [0.05, 0.1) is 41.6 Å². The summed E-state index contributed by atoms with van der Waals surface area (Å²) >= 11 is 0. The highest BCUT2D eigenvalue weighted by atomic mass is 32.2. The summed E-state index contributed by atoms with van der Waals surface area (Å²) in [4.78, 5) is 32.0. The molecule has 1 aromatic heterocycles. The van der Waals surface area contributed by atoms with Crippen LogP contribution in [0.4, 0.5) is 5.69 Å². The molecule has 11 heteroatoms. The summed E-state index contributed by atoms with van der Waals surface area (Å²) in [5.41, 5.74) is 4.75. The Morgan fingerprint density at radius 1 is 0.958 bits per heavy atom. The van der Waals surface area contributed by atoms with E-state index >= 15 is 0 Å². The number of nitrogens with zero attached hydrogens (tertiary/aromatic N) is 2. The molecule has 250 valence electrons. The summed E-state index contributed by atoms with van der Waals surface area (Å²) < 4.78 is 44.4. The van der Waals surface area contributed by atoms with Crippen molar-refractivity contribution in [1.82, 2.24) is 9.29 Å². The number of aromatic nitrogens is 1. The highest BCUT2D eigenvalue weighted by Gasteiger charge is 2.30. The van der Waals surface area contributed by atoms with Crippen molar-refractivity contribution in [3.8, 4) is 11.5 Å². The van der Waals surface area contributed by atoms with E-state index in [4.69, 9.17) is 19.2 Å². The molecule has 1 fully saturated rings. The topological polar surface area (TPSA) is 124 Å². The molecule has 6 rings (SSSR count). The second-order valence-corrected chi connectivity index (χ2v) is 14.2. The zero-order valence-corrected chi connectivity index (χ0v) is 28.1. The molecule has 0 unspecified atom stereocenters. The van der Waals surface area contributed by atoms with E-state index in [0.29, 0.717) is 36.0 Å². The predicted octanol–water partition coefficient (Wildman–Crippen LogP) is 6.35. The number of para-hydroxylation sites is 1. The van der Waals surface area contributed by atoms with Crippen molar-refractivity contribution < 1.29 is 32.2 Å². The van der Waals surface area contributed by atoms with Crippen molar-refractivity contribution in [3.05, 3.63) is 89.1 Å². The lowest BCUT2D eigenvalue weighted by Crippen LogP contribution is -2.35. The fraction of sp³-hybridized carbons (Fsp3) is 0.324. The van der Waals surface area contributed by atoms with Crippen molar-refractivity contribution in [2.45, 2.75) is 43.9 Å². The lowest BCUT2D eigenvalue weighted by atomic mass is 9.80. The molecule has 3 aromatic carbocycles. The van der Waals surface area contributed by atoms with Crippen molar-refractivity contribution in [2.24, 2.45) is 5.92 Å². The third kappa shape index (κ3) is 6.93. The summed E-state index contributed by atoms with van der Waals surface area (Å²) in [6, 6.07) is 19.5. The van der Waals surface area contributed by atoms with Gasteiger partial charge in [0, 0.05) is 18.5 Å². The number of pyridine rings is 1. The first-order valence-corrected chi connectivity index (χ1v) is 17.5. The number of fused-ring (bicyclic) bond motifs is 2. The minimum Gasteiger partial charge on any atom is -0.497 e. The Morgan fingerprint density at radius 3 is 2.44 bits per heavy atom. The molecule has 10 nitrogen and oxygen atoms in total. The van der Waals surface area contributed by atoms with E-state index in [2.05, 4.69) is 18.3 Å². The van der Waals surface area contributed by atoms with Gasteiger partial charge in [-0.1, -0.05) is 43.7 Å². The number of hydrogen-bond donors (Lipinski definition) is 1. The van der Waals surface area contributed by atoms with Crippen LogP contribution in [0, 0.1) is 5.92 Å². The number of methoxy groups -OCH3 is 2. The minimum atomic E-state index is -3.74. The van der Waals surface area contributed by atoms with Crippen LogP contribution in [0.5, 0.6) is 11.5 Å². The largest absolute Gasteiger partial charge is 0.497 e. The maximum absolute atomic E-state index is 13.8. The van der Waals surface area contributed by atoms with Gasteiger partial charge < -0.3 is 19.5 Å². The molecule has 48 heavy (non-hydrogen) atoms. The molecule has 0 radical (unpaired) electrons. The molecule has 1 aliphatic heterocycles. The Kier molecular flexibility index (Phi) is 9.79. The highest BCUT2D eigenvalue weighted by molar-refractivity contribution is 7.89. The molecule has 2 heterocycles. The number of piperidine rings is 1. The SMILES string of the molecule is COc1ccc(/C=C2/C[C@@H](C)Cc3c2nc2ccccc2c3C(=O)OCC(=O)Nc2cc(S(=O)(=O)N3CCCCC3)ccc2OC)cc1. The van der Waals surface area contributed by atoms with Crippen LogP contribution in [-0.2, 0) is 26.0 Å². The van der Waals surface area contributed by atoms with Gasteiger partial charge in [-0.2, -0.15) is 4.31 Å². The first-order valence-electron chi connectivity index (χ1n) is 16.1. The van der Waals surface area contributed by atoms with Crippen LogP contribution in [-0.4, -0.2) is 63.5 Å². The number of benzene rings is 3. The van der Waals surface area contributed by atoms with E-state index in [0.717, 1.165) is 53.8 Å². The fourth-order valence-corrected chi connectivity index (χ4v) is 8.00. The van der Waals surface area contributed by atoms with Crippen LogP contribution >= 0.6 is 0 Å². The Morgan fingerprint density at radius 2 is 1.71 bits per heavy atom. The van der Waals surface area contributed by atoms with E-state index in [9.17, 15) is 18.0 Å². The average Bonchev–Trinajstić information content (AvgIpc) is 3.10. The number of esters is 1. The van der Waals surface area contributed by atoms with Crippen molar-refractivity contribution in [3.63, 3.8) is 0 Å². The van der Waals surface area contributed by atoms with Gasteiger partial charge in [-0.25, -0.2) is 18.2 Å². The van der Waals surface area contributed by atoms with Gasteiger partial charge in [0.2, 0.25) is 10.0 Å². The summed E-state index contributed by atoms with van der Waals surface area (Å²) in [5.74, 6) is 0.0231. The molecular weight excluding hydrogens is 630 g/mol. The lowest BCUT2D eigenvalue weighted by Gasteiger charge is -2.26. The number of rotatable bonds is 9. The van der Waals surface area contributed by atoms with E-state index in [1.165, 1.54) is 29.6 Å². The molecule has 1 amide bonds. The van der Waals surface area contributed by atoms with Gasteiger partial charge in [-0.05, 0) is 90.8 Å². The Bertz CT molecular complexity index is 1980. The van der Waals surface area contributed by atoms with Crippen LogP contribution in [0.15, 0.2) is 71.6 Å². The number of sulfonamides is 1. The van der Waals surface area contributed by atoms with E-state index in [-0.39, 0.29) is 22.3 Å². The quantitative estimate of drug-likeness (QED) is 0.205. The predicted molar refractivity (Wildman–Crippen MR) is 185 cm³/mol. The maximum Gasteiger partial charge on any atom is 0.339 e. The van der Waals surface area contributed by atoms with Gasteiger partial charge >= 0.3 is 5.97 Å². The molecular formula is C37H39N3O7S. The zero-order chi connectivity index (χ0) is 33.8. The summed E-state index contributed by atoms with van der Waals surface area (Å²) in [7, 11) is -0.685. The second kappa shape index (κ2) is 14.2. The minimum absolute atomic E-state index is 0.0556. The van der Waals surface area contributed by atoms with Gasteiger partial charge in [0.25, 0.3) is 5.91 Å². The smallest absolute Gasteiger partial charge is 0.339 e. The van der Waals surface area contributed by atoms with Crippen LogP contribution in [0.1, 0.15) is 59.8 Å². The highest BCUT2D eigenvalue weighted by Crippen LogP contribution is 2.39. The van der Waals surface area contributed by atoms with Crippen LogP contribution in [0.2, 0.25) is 0 Å². The number of anilines is 1. The second-order valence-electron chi connectivity index (χ2n) is 12.2. The van der Waals surface area contributed by atoms with E-state index in [1.807, 2.05) is 48.5 Å². The van der Waals surface area contributed by atoms with Gasteiger partial charge in [0.15, 0.2) is 6.61 Å². The molecule has 1 aliphatic carbocycles. The van der Waals surface area contributed by atoms with Crippen molar-refractivity contribution in [2.75, 3.05) is 39.2 Å². The molecule has 1 atom stereocenters. The van der Waals surface area contributed by atoms with E-state index in [1.54, 1.807) is 7.11 Å². The zero-order valence-electron chi connectivity index (χ0n) is 27.3. The summed E-state index contributed by atoms with van der Waals surface area (Å²) in [5, 5.41) is 3.33. The summed E-state index contributed by atoms with van der Waals surface area (Å²) in [6.45, 7) is 2.46. The number of hydrogen-bond acceptors (Lipinski definition) is 8. The first kappa shape index (κ1) is 33.2. The van der Waals surface area contributed by atoms with Crippen LogP contribution < -0.4 is 14.8 Å². The molecule has 0 bridgehead atoms. The Labute approximate surface area is 280 Å². The fourth-order valence-electron chi connectivity index (χ4n) is 6.46. The Balaban J connectivity index is 1.26. The normalized spacial score (nSPS) is 17.5. The average molecular weight is 670 g/mol. The number of amides is 1. The molecule has 1 saturated heterocycles. The molecule has 4 aromatic rings. The van der Waals surface area contributed by atoms with Gasteiger partial charge in [-0.3, -0.25) is 4.79 Å². The molecule has 2 aliphatic rings. The standard InChI is InChI=1S/C37H39N3O7S/c1-24-19-26(21-25-11-13-27(45-2)14-12-25)36-30(20-24)35(29-9-5-6-10-31(29)39-36)37(42)47-23-34(41)38-32-22-28(15-16-33(32)46-3)48(43,44)40-17-7-4-8-18-40/h5-6,9-16,21-22,24H,4,7-8,17-20,23H2,1-3H3,(H,38,41)/b26-21-/t24-/m1/s1. The monoisotopic (exact) mass is 669 g/mol. The van der Waals surface area contributed by atoms with Crippen LogP contribution in [0.25, 0.3) is 22.6 Å². The maximum atomic E-state index is 13.8. The van der Waals surface area contributed by atoms with Gasteiger partial charge in [-0.15, -0.1) is 0 Å². The number of carbonyl (C=O) groups is 2. The lowest BCUT2D eigenvalue weighted by molar-refractivity contribution is -0.119. The van der Waals surface area contributed by atoms with Crippen LogP contribution in [0.3, 0.4) is 0 Å². The first-order chi connectivity index (χ1) is 23.2. The number of allylic oxidation sites excluding steroid dienone is 1. The number of ether oxygens (including phenoxy) is 3. The number of carbonyl (C=O) groups excluding carboxylic acids is 2. The van der Waals surface area contributed by atoms with E-state index < -0.39 is 28.5 Å². The third-order valence-electron chi connectivity index (χ3n) is 8.81. The third-order valence-corrected chi connectivity index (χ3v) is 10.7. The van der Waals surface area contributed by atoms with Gasteiger partial charge in [0.1, 0.15) is 11.5 Å². The molecule has 0 spiro atoms. The summed E-state index contributed by atoms with van der Waals surface area (Å²) in [6.07, 6.45) is 6.10. The molecule has 1 N–H and O–H groups in total. The molecule has 0 saturated carbocycles. The Hall–Kier alpha value is -4.74.